The second-order valence-corrected chi connectivity index (χ2v) is 7.60. The molecule has 1 amide bonds. The molecule has 28 heavy (non-hydrogen) atoms. The zero-order valence-electron chi connectivity index (χ0n) is 15.0. The van der Waals surface area contributed by atoms with Gasteiger partial charge in [-0.1, -0.05) is 15.9 Å². The summed E-state index contributed by atoms with van der Waals surface area (Å²) >= 11 is 3.44. The Kier molecular flexibility index (Phi) is 5.17. The number of nitrogens with one attached hydrogen (secondary N) is 1. The molecular formula is C20H17BrN6O. The number of nitrogens with zero attached hydrogens (tertiary/aromatic N) is 5. The molecule has 1 aliphatic rings. The molecule has 1 N–H and O–H groups in total. The Labute approximate surface area is 170 Å². The smallest absolute Gasteiger partial charge is 0.254 e. The number of carbonyl (C=O) groups is 1. The number of halogens is 1. The lowest BCUT2D eigenvalue weighted by Crippen LogP contribution is -2.48. The van der Waals surface area contributed by atoms with E-state index in [-0.39, 0.29) is 11.9 Å². The van der Waals surface area contributed by atoms with Crippen molar-refractivity contribution in [3.05, 3.63) is 58.6 Å². The first-order chi connectivity index (χ1) is 13.6. The Morgan fingerprint density at radius 2 is 2.11 bits per heavy atom. The maximum Gasteiger partial charge on any atom is 0.254 e. The fraction of sp³-hybridized carbons (Fsp3) is 0.250. The number of anilines is 1. The number of pyridine rings is 1. The SMILES string of the molecule is N#Cc1cc(N2CCC[C@H](NC(=O)c3cncnc3)C2)nc2ccc(Br)cc12. The molecule has 1 atom stereocenters. The molecule has 1 fully saturated rings. The normalized spacial score (nSPS) is 16.6. The van der Waals surface area contributed by atoms with Crippen LogP contribution >= 0.6 is 15.9 Å². The first-order valence-corrected chi connectivity index (χ1v) is 9.74. The maximum absolute atomic E-state index is 12.4. The van der Waals surface area contributed by atoms with Crippen molar-refractivity contribution in [2.75, 3.05) is 18.0 Å². The number of hydrogen-bond donors (Lipinski definition) is 1. The average molecular weight is 437 g/mol. The number of fused-ring (bicyclic) bond motifs is 1. The number of hydrogen-bond acceptors (Lipinski definition) is 6. The van der Waals surface area contributed by atoms with Crippen molar-refractivity contribution in [2.24, 2.45) is 0 Å². The molecule has 1 aromatic carbocycles. The van der Waals surface area contributed by atoms with Crippen molar-refractivity contribution in [3.8, 4) is 6.07 Å². The quantitative estimate of drug-likeness (QED) is 0.677. The molecular weight excluding hydrogens is 420 g/mol. The fourth-order valence-corrected chi connectivity index (χ4v) is 3.79. The number of piperidine rings is 1. The van der Waals surface area contributed by atoms with Crippen molar-refractivity contribution >= 4 is 38.6 Å². The van der Waals surface area contributed by atoms with Crippen molar-refractivity contribution in [3.63, 3.8) is 0 Å². The zero-order chi connectivity index (χ0) is 19.5. The molecule has 3 aromatic rings. The molecule has 0 spiro atoms. The molecule has 4 rings (SSSR count). The van der Waals surface area contributed by atoms with Gasteiger partial charge in [-0.2, -0.15) is 5.26 Å². The number of amides is 1. The minimum Gasteiger partial charge on any atom is -0.355 e. The summed E-state index contributed by atoms with van der Waals surface area (Å²) in [4.78, 5) is 27.0. The van der Waals surface area contributed by atoms with E-state index in [9.17, 15) is 10.1 Å². The van der Waals surface area contributed by atoms with Crippen molar-refractivity contribution in [1.82, 2.24) is 20.3 Å². The number of aromatic nitrogens is 3. The largest absolute Gasteiger partial charge is 0.355 e. The van der Waals surface area contributed by atoms with Gasteiger partial charge in [0.25, 0.3) is 5.91 Å². The van der Waals surface area contributed by atoms with Gasteiger partial charge in [-0.25, -0.2) is 15.0 Å². The highest BCUT2D eigenvalue weighted by Crippen LogP contribution is 2.27. The van der Waals surface area contributed by atoms with E-state index in [1.54, 1.807) is 0 Å². The van der Waals surface area contributed by atoms with E-state index >= 15 is 0 Å². The molecule has 0 saturated carbocycles. The van der Waals surface area contributed by atoms with Crippen LogP contribution in [-0.4, -0.2) is 40.0 Å². The van der Waals surface area contributed by atoms with E-state index in [2.05, 4.69) is 42.2 Å². The van der Waals surface area contributed by atoms with Crippen molar-refractivity contribution in [2.45, 2.75) is 18.9 Å². The molecule has 1 saturated heterocycles. The summed E-state index contributed by atoms with van der Waals surface area (Å²) in [7, 11) is 0. The van der Waals surface area contributed by atoms with Gasteiger partial charge < -0.3 is 10.2 Å². The zero-order valence-corrected chi connectivity index (χ0v) is 16.6. The lowest BCUT2D eigenvalue weighted by Gasteiger charge is -2.34. The van der Waals surface area contributed by atoms with Crippen LogP contribution < -0.4 is 10.2 Å². The molecule has 7 nitrogen and oxygen atoms in total. The molecule has 2 aromatic heterocycles. The van der Waals surface area contributed by atoms with Gasteiger partial charge in [0.2, 0.25) is 0 Å². The van der Waals surface area contributed by atoms with Crippen LogP contribution in [0.5, 0.6) is 0 Å². The molecule has 0 unspecified atom stereocenters. The second-order valence-electron chi connectivity index (χ2n) is 6.69. The molecule has 0 radical (unpaired) electrons. The van der Waals surface area contributed by atoms with Crippen LogP contribution in [0.4, 0.5) is 5.82 Å². The van der Waals surface area contributed by atoms with Gasteiger partial charge in [-0.3, -0.25) is 4.79 Å². The fourth-order valence-electron chi connectivity index (χ4n) is 3.43. The summed E-state index contributed by atoms with van der Waals surface area (Å²) in [6.07, 6.45) is 6.23. The van der Waals surface area contributed by atoms with Crippen molar-refractivity contribution < 1.29 is 4.79 Å². The summed E-state index contributed by atoms with van der Waals surface area (Å²) in [6, 6.07) is 9.82. The predicted octanol–water partition coefficient (Wildman–Crippen LogP) is 3.06. The first-order valence-electron chi connectivity index (χ1n) is 8.95. The third kappa shape index (κ3) is 3.80. The lowest BCUT2D eigenvalue weighted by molar-refractivity contribution is 0.0932. The monoisotopic (exact) mass is 436 g/mol. The van der Waals surface area contributed by atoms with Gasteiger partial charge in [-0.05, 0) is 37.1 Å². The summed E-state index contributed by atoms with van der Waals surface area (Å²) < 4.78 is 0.914. The number of rotatable bonds is 3. The van der Waals surface area contributed by atoms with E-state index in [0.717, 1.165) is 40.6 Å². The maximum atomic E-state index is 12.4. The highest BCUT2D eigenvalue weighted by molar-refractivity contribution is 9.10. The van der Waals surface area contributed by atoms with E-state index < -0.39 is 0 Å². The van der Waals surface area contributed by atoms with E-state index in [4.69, 9.17) is 4.98 Å². The standard InChI is InChI=1S/C20H17BrN6O/c21-15-3-4-18-17(7-15)13(8-22)6-19(26-18)27-5-1-2-16(11-27)25-20(28)14-9-23-12-24-10-14/h3-4,6-7,9-10,12,16H,1-2,5,11H2,(H,25,28)/t16-/m0/s1. The van der Waals surface area contributed by atoms with Crippen LogP contribution in [0.25, 0.3) is 10.9 Å². The van der Waals surface area contributed by atoms with Crippen molar-refractivity contribution in [1.29, 1.82) is 5.26 Å². The van der Waals surface area contributed by atoms with Gasteiger partial charge in [0, 0.05) is 41.4 Å². The Hall–Kier alpha value is -3.05. The summed E-state index contributed by atoms with van der Waals surface area (Å²) in [6.45, 7) is 1.47. The molecule has 0 aliphatic carbocycles. The molecule has 1 aliphatic heterocycles. The predicted molar refractivity (Wildman–Crippen MR) is 109 cm³/mol. The van der Waals surface area contributed by atoms with Gasteiger partial charge in [0.1, 0.15) is 12.1 Å². The highest BCUT2D eigenvalue weighted by atomic mass is 79.9. The van der Waals surface area contributed by atoms with Crippen LogP contribution in [-0.2, 0) is 0 Å². The molecule has 3 heterocycles. The first kappa shape index (κ1) is 18.3. The number of benzene rings is 1. The molecule has 8 heteroatoms. The molecule has 0 bridgehead atoms. The highest BCUT2D eigenvalue weighted by Gasteiger charge is 2.23. The number of nitriles is 1. The van der Waals surface area contributed by atoms with E-state index in [0.29, 0.717) is 17.7 Å². The van der Waals surface area contributed by atoms with Crippen LogP contribution in [0.2, 0.25) is 0 Å². The summed E-state index contributed by atoms with van der Waals surface area (Å²) in [5, 5.41) is 13.4. The third-order valence-electron chi connectivity index (χ3n) is 4.78. The summed E-state index contributed by atoms with van der Waals surface area (Å²) in [5.41, 5.74) is 1.82. The number of carbonyl (C=O) groups excluding carboxylic acids is 1. The van der Waals surface area contributed by atoms with Gasteiger partial charge in [0.15, 0.2) is 0 Å². The Morgan fingerprint density at radius 1 is 1.29 bits per heavy atom. The topological polar surface area (TPSA) is 94.8 Å². The van der Waals surface area contributed by atoms with Gasteiger partial charge in [-0.15, -0.1) is 0 Å². The van der Waals surface area contributed by atoms with E-state index in [1.807, 2.05) is 24.3 Å². The van der Waals surface area contributed by atoms with Crippen LogP contribution in [0.1, 0.15) is 28.8 Å². The average Bonchev–Trinajstić information content (AvgIpc) is 2.73. The van der Waals surface area contributed by atoms with Gasteiger partial charge >= 0.3 is 0 Å². The Morgan fingerprint density at radius 3 is 2.89 bits per heavy atom. The van der Waals surface area contributed by atoms with Gasteiger partial charge in [0.05, 0.1) is 22.7 Å². The van der Waals surface area contributed by atoms with Crippen LogP contribution in [0, 0.1) is 11.3 Å². The molecule has 140 valence electrons. The lowest BCUT2D eigenvalue weighted by atomic mass is 10.0. The Bertz CT molecular complexity index is 1070. The van der Waals surface area contributed by atoms with Crippen LogP contribution in [0.15, 0.2) is 47.5 Å². The second kappa shape index (κ2) is 7.90. The minimum absolute atomic E-state index is 0.00518. The summed E-state index contributed by atoms with van der Waals surface area (Å²) in [5.74, 6) is 0.579. The third-order valence-corrected chi connectivity index (χ3v) is 5.27. The Balaban J connectivity index is 1.55. The minimum atomic E-state index is -0.179. The van der Waals surface area contributed by atoms with Crippen LogP contribution in [0.3, 0.4) is 0 Å². The van der Waals surface area contributed by atoms with E-state index in [1.165, 1.54) is 18.7 Å².